The van der Waals surface area contributed by atoms with Crippen molar-refractivity contribution in [2.45, 2.75) is 84.7 Å². The lowest BCUT2D eigenvalue weighted by atomic mass is 9.85. The quantitative estimate of drug-likeness (QED) is 0.434. The van der Waals surface area contributed by atoms with Gasteiger partial charge in [-0.1, -0.05) is 83.7 Å². The number of rotatable bonds is 14. The van der Waals surface area contributed by atoms with Crippen LogP contribution in [0.5, 0.6) is 0 Å². The van der Waals surface area contributed by atoms with Crippen LogP contribution >= 0.6 is 0 Å². The van der Waals surface area contributed by atoms with Crippen LogP contribution in [0.4, 0.5) is 0 Å². The fourth-order valence-electron chi connectivity index (χ4n) is 3.41. The number of aliphatic hydroxyl groups is 1. The molecule has 144 valence electrons. The first-order valence-corrected chi connectivity index (χ1v) is 10.4. The van der Waals surface area contributed by atoms with E-state index in [1.165, 1.54) is 31.2 Å². The van der Waals surface area contributed by atoms with Crippen LogP contribution in [0.1, 0.15) is 84.1 Å². The van der Waals surface area contributed by atoms with Crippen LogP contribution in [0.15, 0.2) is 30.3 Å². The third-order valence-corrected chi connectivity index (χ3v) is 5.42. The Balaban J connectivity index is 2.47. The third kappa shape index (κ3) is 9.42. The highest BCUT2D eigenvalue weighted by molar-refractivity contribution is 5.19. The van der Waals surface area contributed by atoms with Crippen molar-refractivity contribution in [3.63, 3.8) is 0 Å². The normalized spacial score (nSPS) is 16.4. The summed E-state index contributed by atoms with van der Waals surface area (Å²) in [5.74, 6) is 1.73. The number of aliphatic hydroxyl groups excluding tert-OH is 1. The van der Waals surface area contributed by atoms with Crippen molar-refractivity contribution in [2.24, 2.45) is 11.8 Å². The van der Waals surface area contributed by atoms with Crippen molar-refractivity contribution in [2.75, 3.05) is 13.2 Å². The Hall–Kier alpha value is -0.860. The molecule has 0 saturated carbocycles. The summed E-state index contributed by atoms with van der Waals surface area (Å²) in [7, 11) is 0. The molecular weight excluding hydrogens is 308 g/mol. The summed E-state index contributed by atoms with van der Waals surface area (Å²) < 4.78 is 5.86. The van der Waals surface area contributed by atoms with Crippen molar-refractivity contribution in [3.05, 3.63) is 35.9 Å². The number of ether oxygens (including phenoxy) is 1. The van der Waals surface area contributed by atoms with Gasteiger partial charge in [-0.15, -0.1) is 0 Å². The van der Waals surface area contributed by atoms with Crippen molar-refractivity contribution >= 4 is 0 Å². The van der Waals surface area contributed by atoms with Gasteiger partial charge in [-0.3, -0.25) is 0 Å². The molecule has 4 unspecified atom stereocenters. The molecule has 0 saturated heterocycles. The Morgan fingerprint density at radius 2 is 1.68 bits per heavy atom. The minimum atomic E-state index is -0.377. The average Bonchev–Trinajstić information content (AvgIpc) is 2.64. The van der Waals surface area contributed by atoms with E-state index < -0.39 is 0 Å². The largest absolute Gasteiger partial charge is 0.391 e. The molecule has 2 nitrogen and oxygen atoms in total. The summed E-state index contributed by atoms with van der Waals surface area (Å²) in [6, 6.07) is 10.6. The van der Waals surface area contributed by atoms with Gasteiger partial charge in [0.25, 0.3) is 0 Å². The highest BCUT2D eigenvalue weighted by atomic mass is 16.5. The molecule has 1 rings (SSSR count). The van der Waals surface area contributed by atoms with Crippen molar-refractivity contribution in [3.8, 4) is 0 Å². The van der Waals surface area contributed by atoms with Crippen LogP contribution in [-0.4, -0.2) is 24.4 Å². The van der Waals surface area contributed by atoms with Gasteiger partial charge in [-0.25, -0.2) is 0 Å². The lowest BCUT2D eigenvalue weighted by Gasteiger charge is -2.24. The fourth-order valence-corrected chi connectivity index (χ4v) is 3.41. The van der Waals surface area contributed by atoms with E-state index in [0.29, 0.717) is 24.4 Å². The molecule has 0 radical (unpaired) electrons. The summed E-state index contributed by atoms with van der Waals surface area (Å²) in [4.78, 5) is 0. The predicted molar refractivity (Wildman–Crippen MR) is 108 cm³/mol. The summed E-state index contributed by atoms with van der Waals surface area (Å²) in [5, 5.41) is 10.5. The number of hydrogen-bond donors (Lipinski definition) is 1. The highest BCUT2D eigenvalue weighted by Gasteiger charge is 2.19. The number of benzene rings is 1. The van der Waals surface area contributed by atoms with Gasteiger partial charge in [0.1, 0.15) is 0 Å². The van der Waals surface area contributed by atoms with Gasteiger partial charge in [0, 0.05) is 6.61 Å². The Morgan fingerprint density at radius 3 is 2.28 bits per heavy atom. The van der Waals surface area contributed by atoms with E-state index in [4.69, 9.17) is 4.74 Å². The van der Waals surface area contributed by atoms with E-state index in [1.54, 1.807) is 0 Å². The topological polar surface area (TPSA) is 29.5 Å². The van der Waals surface area contributed by atoms with Gasteiger partial charge in [-0.05, 0) is 42.6 Å². The van der Waals surface area contributed by atoms with Gasteiger partial charge in [0.2, 0.25) is 0 Å². The summed E-state index contributed by atoms with van der Waals surface area (Å²) >= 11 is 0. The molecule has 0 aliphatic heterocycles. The first-order valence-electron chi connectivity index (χ1n) is 10.4. The maximum absolute atomic E-state index is 10.5. The summed E-state index contributed by atoms with van der Waals surface area (Å²) in [6.45, 7) is 10.3. The number of hydrogen-bond acceptors (Lipinski definition) is 2. The number of unbranched alkanes of at least 4 members (excludes halogenated alkanes) is 1. The fraction of sp³-hybridized carbons (Fsp3) is 0.739. The molecule has 1 aromatic rings. The van der Waals surface area contributed by atoms with Crippen molar-refractivity contribution < 1.29 is 9.84 Å². The second-order valence-electron chi connectivity index (χ2n) is 7.70. The van der Waals surface area contributed by atoms with Crippen LogP contribution in [0, 0.1) is 11.8 Å². The molecule has 0 aliphatic rings. The molecule has 2 heteroatoms. The molecule has 0 aromatic heterocycles. The molecule has 25 heavy (non-hydrogen) atoms. The molecular formula is C23H40O2. The Labute approximate surface area is 156 Å². The van der Waals surface area contributed by atoms with Crippen LogP contribution < -0.4 is 0 Å². The van der Waals surface area contributed by atoms with E-state index in [2.05, 4.69) is 58.0 Å². The molecule has 0 amide bonds. The minimum Gasteiger partial charge on any atom is -0.391 e. The SMILES string of the molecule is CCCCC(CC)COCC(O)CC(CC(C)CC)c1ccccc1. The first kappa shape index (κ1) is 22.2. The zero-order valence-electron chi connectivity index (χ0n) is 16.9. The molecule has 0 spiro atoms. The molecule has 4 atom stereocenters. The van der Waals surface area contributed by atoms with E-state index in [-0.39, 0.29) is 6.10 Å². The Kier molecular flexibility index (Phi) is 11.9. The lowest BCUT2D eigenvalue weighted by Crippen LogP contribution is -2.22. The standard InChI is InChI=1S/C23H40O2/c1-5-8-12-20(7-3)17-25-18-23(24)16-22(15-19(4)6-2)21-13-10-9-11-14-21/h9-11,13-14,19-20,22-24H,5-8,12,15-18H2,1-4H3. The smallest absolute Gasteiger partial charge is 0.0779 e. The molecule has 0 heterocycles. The highest BCUT2D eigenvalue weighted by Crippen LogP contribution is 2.29. The second kappa shape index (κ2) is 13.4. The van der Waals surface area contributed by atoms with Gasteiger partial charge < -0.3 is 9.84 Å². The van der Waals surface area contributed by atoms with E-state index in [0.717, 1.165) is 25.9 Å². The molecule has 1 aromatic carbocycles. The molecule has 0 aliphatic carbocycles. The van der Waals surface area contributed by atoms with Gasteiger partial charge in [0.15, 0.2) is 0 Å². The zero-order chi connectivity index (χ0) is 18.5. The van der Waals surface area contributed by atoms with Gasteiger partial charge in [0.05, 0.1) is 12.7 Å². The Morgan fingerprint density at radius 1 is 0.960 bits per heavy atom. The van der Waals surface area contributed by atoms with E-state index >= 15 is 0 Å². The third-order valence-electron chi connectivity index (χ3n) is 5.42. The maximum Gasteiger partial charge on any atom is 0.0779 e. The maximum atomic E-state index is 10.5. The molecule has 0 fully saturated rings. The van der Waals surface area contributed by atoms with E-state index in [1.807, 2.05) is 0 Å². The van der Waals surface area contributed by atoms with Crippen LogP contribution in [0.3, 0.4) is 0 Å². The van der Waals surface area contributed by atoms with Crippen LogP contribution in [0.25, 0.3) is 0 Å². The minimum absolute atomic E-state index is 0.377. The van der Waals surface area contributed by atoms with E-state index in [9.17, 15) is 5.11 Å². The van der Waals surface area contributed by atoms with Gasteiger partial charge in [-0.2, -0.15) is 0 Å². The van der Waals surface area contributed by atoms with Gasteiger partial charge >= 0.3 is 0 Å². The first-order chi connectivity index (χ1) is 12.1. The molecule has 1 N–H and O–H groups in total. The van der Waals surface area contributed by atoms with Crippen molar-refractivity contribution in [1.82, 2.24) is 0 Å². The van der Waals surface area contributed by atoms with Crippen molar-refractivity contribution in [1.29, 1.82) is 0 Å². The van der Waals surface area contributed by atoms with Crippen LogP contribution in [0.2, 0.25) is 0 Å². The predicted octanol–water partition coefficient (Wildman–Crippen LogP) is 6.19. The second-order valence-corrected chi connectivity index (χ2v) is 7.70. The average molecular weight is 349 g/mol. The van der Waals surface area contributed by atoms with Crippen LogP contribution in [-0.2, 0) is 4.74 Å². The molecule has 0 bridgehead atoms. The zero-order valence-corrected chi connectivity index (χ0v) is 16.9. The summed E-state index contributed by atoms with van der Waals surface area (Å²) in [5.41, 5.74) is 1.34. The monoisotopic (exact) mass is 348 g/mol. The summed E-state index contributed by atoms with van der Waals surface area (Å²) in [6.07, 6.45) is 7.65. The Bertz CT molecular complexity index is 417. The lowest BCUT2D eigenvalue weighted by molar-refractivity contribution is 0.0116.